The second-order valence-electron chi connectivity index (χ2n) is 6.05. The monoisotopic (exact) mass is 295 g/mol. The second-order valence-corrected chi connectivity index (χ2v) is 6.48. The Morgan fingerprint density at radius 1 is 1.50 bits per heavy atom. The first-order chi connectivity index (χ1) is 9.38. The second kappa shape index (κ2) is 6.15. The van der Waals surface area contributed by atoms with Crippen LogP contribution in [-0.2, 0) is 6.54 Å². The molecular formula is C16H22ClNO2. The molecule has 20 heavy (non-hydrogen) atoms. The molecule has 0 aliphatic carbocycles. The standard InChI is InChI=1S/C16H22ClNO2/c1-10(2)12-4-5-18(8-12)9-13-6-14(17)7-15(11(3)19)16(13)20/h6-7,10,12,20H,4-5,8-9H2,1-3H3. The number of phenols is 1. The third-order valence-electron chi connectivity index (χ3n) is 4.18. The smallest absolute Gasteiger partial charge is 0.163 e. The highest BCUT2D eigenvalue weighted by atomic mass is 35.5. The number of halogens is 1. The Hall–Kier alpha value is -1.06. The summed E-state index contributed by atoms with van der Waals surface area (Å²) in [6.45, 7) is 8.66. The Labute approximate surface area is 125 Å². The Balaban J connectivity index is 2.16. The zero-order chi connectivity index (χ0) is 14.9. The summed E-state index contributed by atoms with van der Waals surface area (Å²) >= 11 is 6.05. The van der Waals surface area contributed by atoms with E-state index < -0.39 is 0 Å². The van der Waals surface area contributed by atoms with E-state index in [1.165, 1.54) is 19.4 Å². The van der Waals surface area contributed by atoms with Crippen molar-refractivity contribution in [1.82, 2.24) is 4.90 Å². The molecule has 0 amide bonds. The summed E-state index contributed by atoms with van der Waals surface area (Å²) in [7, 11) is 0. The number of benzene rings is 1. The van der Waals surface area contributed by atoms with Gasteiger partial charge in [-0.3, -0.25) is 9.69 Å². The van der Waals surface area contributed by atoms with Gasteiger partial charge in [-0.25, -0.2) is 0 Å². The lowest BCUT2D eigenvalue weighted by Crippen LogP contribution is -2.21. The zero-order valence-corrected chi connectivity index (χ0v) is 13.1. The zero-order valence-electron chi connectivity index (χ0n) is 12.3. The number of hydrogen-bond donors (Lipinski definition) is 1. The molecular weight excluding hydrogens is 274 g/mol. The number of carbonyl (C=O) groups is 1. The van der Waals surface area contributed by atoms with Gasteiger partial charge >= 0.3 is 0 Å². The minimum atomic E-state index is -0.160. The van der Waals surface area contributed by atoms with Crippen LogP contribution >= 0.6 is 11.6 Å². The third kappa shape index (κ3) is 3.33. The summed E-state index contributed by atoms with van der Waals surface area (Å²) in [5, 5.41) is 10.7. The SMILES string of the molecule is CC(=O)c1cc(Cl)cc(CN2CCC(C(C)C)C2)c1O. The summed E-state index contributed by atoms with van der Waals surface area (Å²) in [5.41, 5.74) is 1.05. The van der Waals surface area contributed by atoms with Crippen LogP contribution in [-0.4, -0.2) is 28.9 Å². The Bertz CT molecular complexity index is 513. The van der Waals surface area contributed by atoms with E-state index in [9.17, 15) is 9.90 Å². The number of ketones is 1. The molecule has 1 heterocycles. The average molecular weight is 296 g/mol. The molecule has 0 spiro atoms. The van der Waals surface area contributed by atoms with Gasteiger partial charge in [0.05, 0.1) is 5.56 Å². The fraction of sp³-hybridized carbons (Fsp3) is 0.562. The summed E-state index contributed by atoms with van der Waals surface area (Å²) in [5.74, 6) is 1.31. The molecule has 4 heteroatoms. The lowest BCUT2D eigenvalue weighted by molar-refractivity contribution is 0.101. The molecule has 1 aromatic carbocycles. The van der Waals surface area contributed by atoms with Crippen molar-refractivity contribution in [3.63, 3.8) is 0 Å². The number of hydrogen-bond acceptors (Lipinski definition) is 3. The van der Waals surface area contributed by atoms with Gasteiger partial charge in [0.25, 0.3) is 0 Å². The molecule has 1 saturated heterocycles. The van der Waals surface area contributed by atoms with Crippen LogP contribution in [0.5, 0.6) is 5.75 Å². The van der Waals surface area contributed by atoms with Gasteiger partial charge in [-0.15, -0.1) is 0 Å². The van der Waals surface area contributed by atoms with Gasteiger partial charge in [0.2, 0.25) is 0 Å². The van der Waals surface area contributed by atoms with Crippen molar-refractivity contribution < 1.29 is 9.90 Å². The lowest BCUT2D eigenvalue weighted by atomic mass is 9.95. The average Bonchev–Trinajstić information content (AvgIpc) is 2.81. The largest absolute Gasteiger partial charge is 0.507 e. The van der Waals surface area contributed by atoms with Crippen LogP contribution < -0.4 is 0 Å². The van der Waals surface area contributed by atoms with Crippen molar-refractivity contribution >= 4 is 17.4 Å². The highest BCUT2D eigenvalue weighted by Gasteiger charge is 2.25. The lowest BCUT2D eigenvalue weighted by Gasteiger charge is -2.19. The number of nitrogens with zero attached hydrogens (tertiary/aromatic N) is 1. The van der Waals surface area contributed by atoms with Crippen LogP contribution in [0.4, 0.5) is 0 Å². The molecule has 1 aromatic rings. The highest BCUT2D eigenvalue weighted by molar-refractivity contribution is 6.31. The molecule has 1 aliphatic heterocycles. The third-order valence-corrected chi connectivity index (χ3v) is 4.40. The molecule has 1 N–H and O–H groups in total. The quantitative estimate of drug-likeness (QED) is 0.861. The van der Waals surface area contributed by atoms with Crippen LogP contribution in [0, 0.1) is 11.8 Å². The molecule has 1 atom stereocenters. The molecule has 0 radical (unpaired) electrons. The van der Waals surface area contributed by atoms with Gasteiger partial charge in [0.1, 0.15) is 5.75 Å². The van der Waals surface area contributed by atoms with Crippen LogP contribution in [0.1, 0.15) is 43.1 Å². The van der Waals surface area contributed by atoms with Crippen molar-refractivity contribution in [2.45, 2.75) is 33.7 Å². The summed E-state index contributed by atoms with van der Waals surface area (Å²) in [4.78, 5) is 13.8. The summed E-state index contributed by atoms with van der Waals surface area (Å²) < 4.78 is 0. The predicted molar refractivity (Wildman–Crippen MR) is 81.3 cm³/mol. The number of aromatic hydroxyl groups is 1. The van der Waals surface area contributed by atoms with Gasteiger partial charge in [0, 0.05) is 23.7 Å². The number of likely N-dealkylation sites (tertiary alicyclic amines) is 1. The van der Waals surface area contributed by atoms with Crippen molar-refractivity contribution in [3.8, 4) is 5.75 Å². The molecule has 0 saturated carbocycles. The first kappa shape index (κ1) is 15.3. The van der Waals surface area contributed by atoms with Crippen LogP contribution in [0.15, 0.2) is 12.1 Å². The topological polar surface area (TPSA) is 40.5 Å². The molecule has 110 valence electrons. The maximum atomic E-state index is 11.5. The fourth-order valence-electron chi connectivity index (χ4n) is 2.84. The van der Waals surface area contributed by atoms with Gasteiger partial charge in [-0.1, -0.05) is 25.4 Å². The molecule has 0 aromatic heterocycles. The minimum absolute atomic E-state index is 0.0786. The number of phenolic OH excluding ortho intramolecular Hbond substituents is 1. The highest BCUT2D eigenvalue weighted by Crippen LogP contribution is 2.31. The van der Waals surface area contributed by atoms with Crippen LogP contribution in [0.3, 0.4) is 0 Å². The first-order valence-electron chi connectivity index (χ1n) is 7.13. The van der Waals surface area contributed by atoms with Crippen molar-refractivity contribution in [2.24, 2.45) is 11.8 Å². The normalized spacial score (nSPS) is 19.8. The molecule has 1 unspecified atom stereocenters. The Kier molecular flexibility index (Phi) is 4.71. The van der Waals surface area contributed by atoms with Gasteiger partial charge < -0.3 is 5.11 Å². The van der Waals surface area contributed by atoms with E-state index in [4.69, 9.17) is 11.6 Å². The van der Waals surface area contributed by atoms with E-state index in [-0.39, 0.29) is 11.5 Å². The van der Waals surface area contributed by atoms with Crippen LogP contribution in [0.2, 0.25) is 5.02 Å². The van der Waals surface area contributed by atoms with Crippen molar-refractivity contribution in [1.29, 1.82) is 0 Å². The fourth-order valence-corrected chi connectivity index (χ4v) is 3.08. The van der Waals surface area contributed by atoms with Crippen LogP contribution in [0.25, 0.3) is 0 Å². The molecule has 1 fully saturated rings. The summed E-state index contributed by atoms with van der Waals surface area (Å²) in [6.07, 6.45) is 1.19. The van der Waals surface area contributed by atoms with E-state index in [1.807, 2.05) is 0 Å². The number of rotatable bonds is 4. The minimum Gasteiger partial charge on any atom is -0.507 e. The van der Waals surface area contributed by atoms with E-state index >= 15 is 0 Å². The van der Waals surface area contributed by atoms with Gasteiger partial charge in [0.15, 0.2) is 5.78 Å². The molecule has 0 bridgehead atoms. The summed E-state index contributed by atoms with van der Waals surface area (Å²) in [6, 6.07) is 3.29. The first-order valence-corrected chi connectivity index (χ1v) is 7.51. The van der Waals surface area contributed by atoms with E-state index in [0.29, 0.717) is 29.0 Å². The Morgan fingerprint density at radius 2 is 2.20 bits per heavy atom. The van der Waals surface area contributed by atoms with Crippen molar-refractivity contribution in [3.05, 3.63) is 28.3 Å². The molecule has 3 nitrogen and oxygen atoms in total. The van der Waals surface area contributed by atoms with Gasteiger partial charge in [-0.2, -0.15) is 0 Å². The Morgan fingerprint density at radius 3 is 2.75 bits per heavy atom. The van der Waals surface area contributed by atoms with Crippen molar-refractivity contribution in [2.75, 3.05) is 13.1 Å². The van der Waals surface area contributed by atoms with E-state index in [0.717, 1.165) is 18.7 Å². The number of Topliss-reactive ketones (excluding diaryl/α,β-unsaturated/α-hetero) is 1. The maximum Gasteiger partial charge on any atom is 0.163 e. The number of carbonyl (C=O) groups excluding carboxylic acids is 1. The van der Waals surface area contributed by atoms with E-state index in [2.05, 4.69) is 18.7 Å². The predicted octanol–water partition coefficient (Wildman–Crippen LogP) is 3.73. The maximum absolute atomic E-state index is 11.5. The molecule has 2 rings (SSSR count). The molecule has 1 aliphatic rings. The van der Waals surface area contributed by atoms with Gasteiger partial charge in [-0.05, 0) is 43.9 Å². The van der Waals surface area contributed by atoms with E-state index in [1.54, 1.807) is 6.07 Å².